The van der Waals surface area contributed by atoms with E-state index in [2.05, 4.69) is 56.3 Å². The summed E-state index contributed by atoms with van der Waals surface area (Å²) < 4.78 is 0. The van der Waals surface area contributed by atoms with Gasteiger partial charge in [0.05, 0.1) is 0 Å². The van der Waals surface area contributed by atoms with E-state index in [9.17, 15) is 5.11 Å². The van der Waals surface area contributed by atoms with E-state index in [1.165, 1.54) is 11.1 Å². The molecule has 1 heteroatoms. The predicted octanol–water partition coefficient (Wildman–Crippen LogP) is 5.14. The topological polar surface area (TPSA) is 20.2 Å². The van der Waals surface area contributed by atoms with Crippen LogP contribution in [0.2, 0.25) is 0 Å². The van der Waals surface area contributed by atoms with Gasteiger partial charge in [-0.15, -0.1) is 0 Å². The Morgan fingerprint density at radius 3 is 2.55 bits per heavy atom. The zero-order valence-corrected chi connectivity index (χ0v) is 13.8. The van der Waals surface area contributed by atoms with Crippen molar-refractivity contribution in [3.63, 3.8) is 0 Å². The second-order valence-electron chi connectivity index (χ2n) is 6.71. The molecule has 2 aliphatic carbocycles. The first kappa shape index (κ1) is 15.3. The van der Waals surface area contributed by atoms with Crippen LogP contribution in [0.5, 0.6) is 0 Å². The molecule has 1 fully saturated rings. The summed E-state index contributed by atoms with van der Waals surface area (Å²) in [5, 5.41) is 11.7. The molecule has 3 atom stereocenters. The van der Waals surface area contributed by atoms with Crippen molar-refractivity contribution >= 4 is 5.57 Å². The molecule has 1 nitrogen and oxygen atoms in total. The van der Waals surface area contributed by atoms with Gasteiger partial charge in [0.25, 0.3) is 0 Å². The monoisotopic (exact) mass is 294 g/mol. The summed E-state index contributed by atoms with van der Waals surface area (Å²) in [7, 11) is 0. The largest absolute Gasteiger partial charge is 0.380 e. The molecular formula is C21H26O. The smallest absolute Gasteiger partial charge is 0.113 e. The molecule has 0 aromatic heterocycles. The molecule has 2 bridgehead atoms. The van der Waals surface area contributed by atoms with Gasteiger partial charge in [0.1, 0.15) is 5.60 Å². The van der Waals surface area contributed by atoms with E-state index in [1.807, 2.05) is 13.0 Å². The highest BCUT2D eigenvalue weighted by atomic mass is 16.3. The normalized spacial score (nSPS) is 32.1. The lowest BCUT2D eigenvalue weighted by Gasteiger charge is -2.43. The maximum absolute atomic E-state index is 11.7. The Morgan fingerprint density at radius 1 is 1.18 bits per heavy atom. The summed E-state index contributed by atoms with van der Waals surface area (Å²) in [5.74, 6) is 1.01. The SMILES string of the molecule is C/C=C(\C(=C/C)C1(O)C2=CCC(C2)CC1C)c1ccccc1. The molecule has 22 heavy (non-hydrogen) atoms. The van der Waals surface area contributed by atoms with Gasteiger partial charge in [0, 0.05) is 0 Å². The third-order valence-corrected chi connectivity index (χ3v) is 5.46. The lowest BCUT2D eigenvalue weighted by atomic mass is 9.66. The summed E-state index contributed by atoms with van der Waals surface area (Å²) in [6.45, 7) is 6.32. The van der Waals surface area contributed by atoms with E-state index in [-0.39, 0.29) is 5.92 Å². The van der Waals surface area contributed by atoms with Crippen LogP contribution in [0.25, 0.3) is 5.57 Å². The summed E-state index contributed by atoms with van der Waals surface area (Å²) in [5.41, 5.74) is 3.84. The highest BCUT2D eigenvalue weighted by Gasteiger charge is 2.48. The molecule has 1 aromatic carbocycles. The average molecular weight is 294 g/mol. The van der Waals surface area contributed by atoms with Crippen molar-refractivity contribution in [1.29, 1.82) is 0 Å². The van der Waals surface area contributed by atoms with Crippen LogP contribution in [0.1, 0.15) is 45.6 Å². The summed E-state index contributed by atoms with van der Waals surface area (Å²) in [6.07, 6.45) is 9.84. The van der Waals surface area contributed by atoms with Crippen molar-refractivity contribution in [2.45, 2.75) is 45.6 Å². The third-order valence-electron chi connectivity index (χ3n) is 5.46. The van der Waals surface area contributed by atoms with Crippen molar-refractivity contribution in [3.05, 3.63) is 65.3 Å². The number of fused-ring (bicyclic) bond motifs is 2. The van der Waals surface area contributed by atoms with Crippen LogP contribution in [-0.2, 0) is 0 Å². The van der Waals surface area contributed by atoms with Crippen LogP contribution in [0, 0.1) is 11.8 Å². The van der Waals surface area contributed by atoms with Crippen LogP contribution in [-0.4, -0.2) is 10.7 Å². The molecule has 3 rings (SSSR count). The van der Waals surface area contributed by atoms with E-state index >= 15 is 0 Å². The Kier molecular flexibility index (Phi) is 4.10. The Hall–Kier alpha value is -1.60. The lowest BCUT2D eigenvalue weighted by Crippen LogP contribution is -2.44. The van der Waals surface area contributed by atoms with Gasteiger partial charge in [-0.1, -0.05) is 55.5 Å². The van der Waals surface area contributed by atoms with E-state index in [1.54, 1.807) is 0 Å². The van der Waals surface area contributed by atoms with E-state index < -0.39 is 5.60 Å². The van der Waals surface area contributed by atoms with Crippen molar-refractivity contribution in [2.75, 3.05) is 0 Å². The van der Waals surface area contributed by atoms with E-state index in [0.717, 1.165) is 36.3 Å². The van der Waals surface area contributed by atoms with Gasteiger partial charge in [-0.25, -0.2) is 0 Å². The maximum Gasteiger partial charge on any atom is 0.113 e. The van der Waals surface area contributed by atoms with Gasteiger partial charge in [-0.3, -0.25) is 0 Å². The average Bonchev–Trinajstić information content (AvgIpc) is 2.96. The van der Waals surface area contributed by atoms with Crippen LogP contribution < -0.4 is 0 Å². The minimum absolute atomic E-state index is 0.268. The molecule has 1 aromatic rings. The number of rotatable bonds is 3. The van der Waals surface area contributed by atoms with Crippen LogP contribution in [0.3, 0.4) is 0 Å². The molecule has 0 radical (unpaired) electrons. The van der Waals surface area contributed by atoms with Crippen LogP contribution in [0.15, 0.2) is 59.7 Å². The van der Waals surface area contributed by atoms with Crippen molar-refractivity contribution in [3.8, 4) is 0 Å². The first-order valence-electron chi connectivity index (χ1n) is 8.42. The minimum Gasteiger partial charge on any atom is -0.380 e. The summed E-state index contributed by atoms with van der Waals surface area (Å²) in [6, 6.07) is 10.4. The third kappa shape index (κ3) is 2.28. The number of aliphatic hydroxyl groups is 1. The van der Waals surface area contributed by atoms with Crippen LogP contribution >= 0.6 is 0 Å². The zero-order valence-electron chi connectivity index (χ0n) is 13.8. The predicted molar refractivity (Wildman–Crippen MR) is 93.4 cm³/mol. The first-order valence-corrected chi connectivity index (χ1v) is 8.42. The highest BCUT2D eigenvalue weighted by molar-refractivity contribution is 5.82. The second kappa shape index (κ2) is 5.89. The molecule has 0 heterocycles. The van der Waals surface area contributed by atoms with Gasteiger partial charge in [0.2, 0.25) is 0 Å². The van der Waals surface area contributed by atoms with Gasteiger partial charge in [0.15, 0.2) is 0 Å². The first-order chi connectivity index (χ1) is 10.6. The molecule has 0 amide bonds. The fourth-order valence-electron chi connectivity index (χ4n) is 4.38. The van der Waals surface area contributed by atoms with Gasteiger partial charge < -0.3 is 5.11 Å². The van der Waals surface area contributed by atoms with E-state index in [0.29, 0.717) is 0 Å². The zero-order chi connectivity index (χ0) is 15.7. The van der Waals surface area contributed by atoms with E-state index in [4.69, 9.17) is 0 Å². The molecule has 3 unspecified atom stereocenters. The molecule has 2 aliphatic rings. The summed E-state index contributed by atoms with van der Waals surface area (Å²) in [4.78, 5) is 0. The fourth-order valence-corrected chi connectivity index (χ4v) is 4.38. The minimum atomic E-state index is -0.806. The van der Waals surface area contributed by atoms with Gasteiger partial charge in [-0.2, -0.15) is 0 Å². The van der Waals surface area contributed by atoms with Gasteiger partial charge >= 0.3 is 0 Å². The lowest BCUT2D eigenvalue weighted by molar-refractivity contribution is 0.0347. The Balaban J connectivity index is 2.07. The molecule has 1 saturated carbocycles. The second-order valence-corrected chi connectivity index (χ2v) is 6.71. The van der Waals surface area contributed by atoms with Crippen molar-refractivity contribution in [2.24, 2.45) is 11.8 Å². The molecule has 116 valence electrons. The summed E-state index contributed by atoms with van der Waals surface area (Å²) >= 11 is 0. The number of benzene rings is 1. The Morgan fingerprint density at radius 2 is 1.91 bits per heavy atom. The maximum atomic E-state index is 11.7. The van der Waals surface area contributed by atoms with Crippen molar-refractivity contribution in [1.82, 2.24) is 0 Å². The van der Waals surface area contributed by atoms with Crippen molar-refractivity contribution < 1.29 is 5.11 Å². The molecular weight excluding hydrogens is 268 g/mol. The standard InChI is InChI=1S/C21H26O/c1-4-19(17-9-7-6-8-10-17)20(5-2)21(22)15(3)13-16-11-12-18(21)14-16/h4-10,12,15-16,22H,11,13-14H2,1-3H3/b19-4-,20-5+. The molecule has 0 aliphatic heterocycles. The Labute approximate surface area is 134 Å². The molecule has 1 N–H and O–H groups in total. The quantitative estimate of drug-likeness (QED) is 0.604. The number of hydrogen-bond acceptors (Lipinski definition) is 1. The molecule has 0 saturated heterocycles. The Bertz CT molecular complexity index is 635. The van der Waals surface area contributed by atoms with Crippen LogP contribution in [0.4, 0.5) is 0 Å². The molecule has 0 spiro atoms. The van der Waals surface area contributed by atoms with Gasteiger partial charge in [-0.05, 0) is 67.2 Å². The number of hydrogen-bond donors (Lipinski definition) is 1. The fraction of sp³-hybridized carbons (Fsp3) is 0.429. The number of allylic oxidation sites excluding steroid dienone is 3. The highest BCUT2D eigenvalue weighted by Crippen LogP contribution is 2.52.